The molecular formula is C12H18N2O2. The normalized spacial score (nSPS) is 22.2. The molecule has 0 aromatic carbocycles. The maximum Gasteiger partial charge on any atom is 0.0700 e. The van der Waals surface area contributed by atoms with Gasteiger partial charge in [-0.2, -0.15) is 0 Å². The van der Waals surface area contributed by atoms with Gasteiger partial charge in [0.1, 0.15) is 0 Å². The highest BCUT2D eigenvalue weighted by Crippen LogP contribution is 2.14. The third kappa shape index (κ3) is 3.01. The smallest absolute Gasteiger partial charge is 0.0700 e. The molecule has 2 unspecified atom stereocenters. The van der Waals surface area contributed by atoms with Crippen molar-refractivity contribution in [2.24, 2.45) is 0 Å². The van der Waals surface area contributed by atoms with Crippen molar-refractivity contribution in [3.05, 3.63) is 30.1 Å². The zero-order valence-corrected chi connectivity index (χ0v) is 9.30. The summed E-state index contributed by atoms with van der Waals surface area (Å²) >= 11 is 0. The van der Waals surface area contributed by atoms with Crippen molar-refractivity contribution in [2.45, 2.75) is 25.0 Å². The molecule has 1 saturated heterocycles. The van der Waals surface area contributed by atoms with E-state index in [9.17, 15) is 5.11 Å². The first kappa shape index (κ1) is 11.5. The Morgan fingerprint density at radius 2 is 2.56 bits per heavy atom. The Bertz CT molecular complexity index is 299. The molecule has 0 saturated carbocycles. The van der Waals surface area contributed by atoms with E-state index < -0.39 is 0 Å². The second-order valence-corrected chi connectivity index (χ2v) is 4.06. The molecule has 1 aromatic heterocycles. The van der Waals surface area contributed by atoms with Crippen molar-refractivity contribution in [3.8, 4) is 0 Å². The highest BCUT2D eigenvalue weighted by Gasteiger charge is 2.17. The van der Waals surface area contributed by atoms with E-state index in [-0.39, 0.29) is 12.6 Å². The Balaban J connectivity index is 1.85. The van der Waals surface area contributed by atoms with Gasteiger partial charge in [0, 0.05) is 25.5 Å². The lowest BCUT2D eigenvalue weighted by Crippen LogP contribution is -2.31. The Labute approximate surface area is 95.7 Å². The van der Waals surface area contributed by atoms with Gasteiger partial charge in [-0.3, -0.25) is 4.98 Å². The molecule has 88 valence electrons. The molecule has 1 aliphatic rings. The van der Waals surface area contributed by atoms with Crippen LogP contribution in [-0.2, 0) is 4.74 Å². The predicted octanol–water partition coefficient (Wildman–Crippen LogP) is 0.884. The van der Waals surface area contributed by atoms with Crippen molar-refractivity contribution in [1.29, 1.82) is 0 Å². The van der Waals surface area contributed by atoms with Crippen LogP contribution in [0.4, 0.5) is 0 Å². The second-order valence-electron chi connectivity index (χ2n) is 4.06. The van der Waals surface area contributed by atoms with Gasteiger partial charge < -0.3 is 15.2 Å². The van der Waals surface area contributed by atoms with E-state index in [1.165, 1.54) is 0 Å². The van der Waals surface area contributed by atoms with Crippen molar-refractivity contribution < 1.29 is 9.84 Å². The minimum Gasteiger partial charge on any atom is -0.394 e. The van der Waals surface area contributed by atoms with E-state index in [1.807, 2.05) is 12.1 Å². The van der Waals surface area contributed by atoms with Crippen LogP contribution in [0.5, 0.6) is 0 Å². The van der Waals surface area contributed by atoms with Crippen LogP contribution in [0.2, 0.25) is 0 Å². The van der Waals surface area contributed by atoms with Crippen molar-refractivity contribution in [1.82, 2.24) is 10.3 Å². The minimum atomic E-state index is -0.0436. The second kappa shape index (κ2) is 5.94. The number of ether oxygens (including phenoxy) is 1. The summed E-state index contributed by atoms with van der Waals surface area (Å²) in [7, 11) is 0. The molecular weight excluding hydrogens is 204 g/mol. The van der Waals surface area contributed by atoms with E-state index >= 15 is 0 Å². The molecule has 1 fully saturated rings. The fourth-order valence-electron chi connectivity index (χ4n) is 1.95. The molecule has 2 rings (SSSR count). The maximum absolute atomic E-state index is 9.32. The number of aliphatic hydroxyl groups is 1. The van der Waals surface area contributed by atoms with E-state index in [1.54, 1.807) is 12.4 Å². The van der Waals surface area contributed by atoms with Crippen LogP contribution in [0.3, 0.4) is 0 Å². The molecule has 0 spiro atoms. The van der Waals surface area contributed by atoms with Crippen molar-refractivity contribution in [3.63, 3.8) is 0 Å². The number of rotatable bonds is 5. The number of hydrogen-bond acceptors (Lipinski definition) is 4. The van der Waals surface area contributed by atoms with Crippen molar-refractivity contribution >= 4 is 0 Å². The first-order chi connectivity index (χ1) is 7.90. The van der Waals surface area contributed by atoms with Gasteiger partial charge in [0.2, 0.25) is 0 Å². The van der Waals surface area contributed by atoms with E-state index in [4.69, 9.17) is 4.74 Å². The summed E-state index contributed by atoms with van der Waals surface area (Å²) in [4.78, 5) is 4.05. The molecule has 0 amide bonds. The fraction of sp³-hybridized carbons (Fsp3) is 0.583. The number of hydrogen-bond donors (Lipinski definition) is 2. The summed E-state index contributed by atoms with van der Waals surface area (Å²) in [6.07, 6.45) is 6.06. The quantitative estimate of drug-likeness (QED) is 0.776. The maximum atomic E-state index is 9.32. The van der Waals surface area contributed by atoms with Gasteiger partial charge >= 0.3 is 0 Å². The van der Waals surface area contributed by atoms with Crippen LogP contribution in [0.1, 0.15) is 24.4 Å². The van der Waals surface area contributed by atoms with Gasteiger partial charge in [0.25, 0.3) is 0 Å². The standard InChI is InChI=1S/C12H18N2O2/c15-9-12(10-3-1-5-13-7-10)14-8-11-4-2-6-16-11/h1,3,5,7,11-12,14-15H,2,4,6,8-9H2. The third-order valence-electron chi connectivity index (χ3n) is 2.89. The van der Waals surface area contributed by atoms with Crippen LogP contribution in [0.25, 0.3) is 0 Å². The summed E-state index contributed by atoms with van der Waals surface area (Å²) in [5.41, 5.74) is 1.02. The molecule has 0 bridgehead atoms. The van der Waals surface area contributed by atoms with Gasteiger partial charge in [-0.25, -0.2) is 0 Å². The van der Waals surface area contributed by atoms with Crippen LogP contribution in [0, 0.1) is 0 Å². The SMILES string of the molecule is OCC(NCC1CCCO1)c1cccnc1. The summed E-state index contributed by atoms with van der Waals surface area (Å²) in [6.45, 7) is 1.74. The fourth-order valence-corrected chi connectivity index (χ4v) is 1.95. The largest absolute Gasteiger partial charge is 0.394 e. The van der Waals surface area contributed by atoms with Crippen molar-refractivity contribution in [2.75, 3.05) is 19.8 Å². The molecule has 0 radical (unpaired) electrons. The van der Waals surface area contributed by atoms with Gasteiger partial charge in [0.05, 0.1) is 18.8 Å². The van der Waals surface area contributed by atoms with E-state index in [2.05, 4.69) is 10.3 Å². The topological polar surface area (TPSA) is 54.4 Å². The lowest BCUT2D eigenvalue weighted by Gasteiger charge is -2.18. The number of aliphatic hydroxyl groups excluding tert-OH is 1. The average Bonchev–Trinajstić information content (AvgIpc) is 2.84. The highest BCUT2D eigenvalue weighted by molar-refractivity contribution is 5.13. The summed E-state index contributed by atoms with van der Waals surface area (Å²) in [5, 5.41) is 12.6. The molecule has 2 N–H and O–H groups in total. The first-order valence-corrected chi connectivity index (χ1v) is 5.76. The summed E-state index contributed by atoms with van der Waals surface area (Å²) in [6, 6.07) is 3.81. The molecule has 1 aliphatic heterocycles. The average molecular weight is 222 g/mol. The lowest BCUT2D eigenvalue weighted by molar-refractivity contribution is 0.104. The molecule has 0 aliphatic carbocycles. The molecule has 16 heavy (non-hydrogen) atoms. The molecule has 1 aromatic rings. The van der Waals surface area contributed by atoms with Crippen LogP contribution in [-0.4, -0.2) is 36.0 Å². The zero-order chi connectivity index (χ0) is 11.2. The third-order valence-corrected chi connectivity index (χ3v) is 2.89. The Kier molecular flexibility index (Phi) is 4.27. The summed E-state index contributed by atoms with van der Waals surface area (Å²) < 4.78 is 5.52. The Morgan fingerprint density at radius 3 is 3.19 bits per heavy atom. The predicted molar refractivity (Wildman–Crippen MR) is 61.0 cm³/mol. The monoisotopic (exact) mass is 222 g/mol. The van der Waals surface area contributed by atoms with Crippen LogP contribution < -0.4 is 5.32 Å². The molecule has 2 heterocycles. The minimum absolute atomic E-state index is 0.0436. The van der Waals surface area contributed by atoms with Crippen LogP contribution in [0.15, 0.2) is 24.5 Å². The van der Waals surface area contributed by atoms with E-state index in [0.717, 1.165) is 31.6 Å². The Hall–Kier alpha value is -0.970. The molecule has 4 nitrogen and oxygen atoms in total. The molecule has 2 atom stereocenters. The van der Waals surface area contributed by atoms with Gasteiger partial charge in [-0.05, 0) is 24.5 Å². The van der Waals surface area contributed by atoms with Gasteiger partial charge in [0.15, 0.2) is 0 Å². The molecule has 4 heteroatoms. The van der Waals surface area contributed by atoms with Crippen LogP contribution >= 0.6 is 0 Å². The number of nitrogens with zero attached hydrogens (tertiary/aromatic N) is 1. The zero-order valence-electron chi connectivity index (χ0n) is 9.30. The van der Waals surface area contributed by atoms with E-state index in [0.29, 0.717) is 6.10 Å². The first-order valence-electron chi connectivity index (χ1n) is 5.76. The van der Waals surface area contributed by atoms with Gasteiger partial charge in [-0.1, -0.05) is 6.07 Å². The number of aromatic nitrogens is 1. The Morgan fingerprint density at radius 1 is 1.62 bits per heavy atom. The number of pyridine rings is 1. The summed E-state index contributed by atoms with van der Waals surface area (Å²) in [5.74, 6) is 0. The van der Waals surface area contributed by atoms with Gasteiger partial charge in [-0.15, -0.1) is 0 Å². The lowest BCUT2D eigenvalue weighted by atomic mass is 10.1. The number of nitrogens with one attached hydrogen (secondary N) is 1. The highest BCUT2D eigenvalue weighted by atomic mass is 16.5.